The first-order chi connectivity index (χ1) is 12.1. The van der Waals surface area contributed by atoms with E-state index in [4.69, 9.17) is 11.6 Å². The molecule has 5 nitrogen and oxygen atoms in total. The minimum absolute atomic E-state index is 0.196. The normalized spacial score (nSPS) is 17.2. The minimum Gasteiger partial charge on any atom is -0.336 e. The van der Waals surface area contributed by atoms with Gasteiger partial charge in [-0.1, -0.05) is 17.7 Å². The van der Waals surface area contributed by atoms with Crippen molar-refractivity contribution in [3.05, 3.63) is 51.7 Å². The fourth-order valence-corrected chi connectivity index (χ4v) is 3.91. The molecule has 1 atom stereocenters. The van der Waals surface area contributed by atoms with Crippen LogP contribution in [-0.4, -0.2) is 55.6 Å². The van der Waals surface area contributed by atoms with E-state index >= 15 is 0 Å². The van der Waals surface area contributed by atoms with Crippen LogP contribution in [0.1, 0.15) is 10.9 Å². The van der Waals surface area contributed by atoms with Gasteiger partial charge in [0.1, 0.15) is 0 Å². The highest BCUT2D eigenvalue weighted by Gasteiger charge is 2.25. The largest absolute Gasteiger partial charge is 0.336 e. The minimum atomic E-state index is -0.196. The summed E-state index contributed by atoms with van der Waals surface area (Å²) < 4.78 is 0. The molecule has 1 aliphatic heterocycles. The maximum atomic E-state index is 12.2. The van der Waals surface area contributed by atoms with E-state index < -0.39 is 0 Å². The number of benzene rings is 1. The Morgan fingerprint density at radius 3 is 2.56 bits per heavy atom. The van der Waals surface area contributed by atoms with Gasteiger partial charge in [-0.25, -0.2) is 4.79 Å². The third-order valence-corrected chi connectivity index (χ3v) is 5.63. The van der Waals surface area contributed by atoms with E-state index in [2.05, 4.69) is 45.0 Å². The van der Waals surface area contributed by atoms with Crippen molar-refractivity contribution in [3.63, 3.8) is 0 Å². The number of hydrogen-bond donors (Lipinski definition) is 2. The van der Waals surface area contributed by atoms with Crippen molar-refractivity contribution in [1.82, 2.24) is 15.1 Å². The number of urea groups is 1. The van der Waals surface area contributed by atoms with Gasteiger partial charge in [0, 0.05) is 48.3 Å². The molecule has 2 aromatic rings. The Balaban J connectivity index is 1.58. The molecular formula is C18H23ClN4OS. The highest BCUT2D eigenvalue weighted by atomic mass is 35.5. The van der Waals surface area contributed by atoms with Gasteiger partial charge in [0.15, 0.2) is 0 Å². The second kappa shape index (κ2) is 8.67. The van der Waals surface area contributed by atoms with Crippen LogP contribution in [-0.2, 0) is 0 Å². The van der Waals surface area contributed by atoms with Gasteiger partial charge in [0.25, 0.3) is 0 Å². The van der Waals surface area contributed by atoms with Crippen molar-refractivity contribution in [2.24, 2.45) is 0 Å². The van der Waals surface area contributed by atoms with Crippen LogP contribution in [0.3, 0.4) is 0 Å². The maximum Gasteiger partial charge on any atom is 0.319 e. The summed E-state index contributed by atoms with van der Waals surface area (Å²) in [7, 11) is 2.15. The molecule has 1 aliphatic rings. The van der Waals surface area contributed by atoms with Crippen LogP contribution in [0.4, 0.5) is 10.5 Å². The molecule has 0 bridgehead atoms. The van der Waals surface area contributed by atoms with Crippen LogP contribution in [0, 0.1) is 0 Å². The summed E-state index contributed by atoms with van der Waals surface area (Å²) in [5.74, 6) is 0. The number of piperazine rings is 1. The SMILES string of the molecule is CN1CCN([C@H](CNC(=O)Nc2ccc(Cl)cc2)c2cccs2)CC1. The van der Waals surface area contributed by atoms with Gasteiger partial charge in [-0.05, 0) is 42.8 Å². The third kappa shape index (κ3) is 5.19. The van der Waals surface area contributed by atoms with Gasteiger partial charge >= 0.3 is 6.03 Å². The van der Waals surface area contributed by atoms with Crippen molar-refractivity contribution in [3.8, 4) is 0 Å². The molecule has 1 saturated heterocycles. The van der Waals surface area contributed by atoms with Crippen LogP contribution in [0.25, 0.3) is 0 Å². The quantitative estimate of drug-likeness (QED) is 0.836. The Bertz CT molecular complexity index is 669. The third-order valence-electron chi connectivity index (χ3n) is 4.41. The first kappa shape index (κ1) is 18.2. The number of amides is 2. The summed E-state index contributed by atoms with van der Waals surface area (Å²) in [5, 5.41) is 8.60. The highest BCUT2D eigenvalue weighted by Crippen LogP contribution is 2.25. The molecule has 134 valence electrons. The first-order valence-electron chi connectivity index (χ1n) is 8.38. The van der Waals surface area contributed by atoms with E-state index in [1.54, 1.807) is 35.6 Å². The molecule has 2 heterocycles. The van der Waals surface area contributed by atoms with E-state index in [-0.39, 0.29) is 12.1 Å². The summed E-state index contributed by atoms with van der Waals surface area (Å²) >= 11 is 7.61. The Labute approximate surface area is 157 Å². The molecule has 2 amide bonds. The second-order valence-electron chi connectivity index (χ2n) is 6.21. The molecule has 3 rings (SSSR count). The monoisotopic (exact) mass is 378 g/mol. The van der Waals surface area contributed by atoms with E-state index in [9.17, 15) is 4.79 Å². The molecule has 0 unspecified atom stereocenters. The molecule has 0 spiro atoms. The molecule has 1 aromatic carbocycles. The van der Waals surface area contributed by atoms with Crippen molar-refractivity contribution in [2.75, 3.05) is 45.1 Å². The molecule has 7 heteroatoms. The van der Waals surface area contributed by atoms with Gasteiger partial charge < -0.3 is 15.5 Å². The van der Waals surface area contributed by atoms with Crippen molar-refractivity contribution in [1.29, 1.82) is 0 Å². The number of nitrogens with one attached hydrogen (secondary N) is 2. The smallest absolute Gasteiger partial charge is 0.319 e. The van der Waals surface area contributed by atoms with Crippen molar-refractivity contribution < 1.29 is 4.79 Å². The molecule has 25 heavy (non-hydrogen) atoms. The van der Waals surface area contributed by atoms with Crippen LogP contribution in [0.15, 0.2) is 41.8 Å². The lowest BCUT2D eigenvalue weighted by Gasteiger charge is -2.37. The lowest BCUT2D eigenvalue weighted by atomic mass is 10.1. The zero-order chi connectivity index (χ0) is 17.6. The number of halogens is 1. The molecule has 0 radical (unpaired) electrons. The van der Waals surface area contributed by atoms with Gasteiger partial charge in [-0.3, -0.25) is 4.90 Å². The predicted molar refractivity (Wildman–Crippen MR) is 105 cm³/mol. The second-order valence-corrected chi connectivity index (χ2v) is 7.63. The Morgan fingerprint density at radius 1 is 1.20 bits per heavy atom. The van der Waals surface area contributed by atoms with E-state index in [0.29, 0.717) is 11.6 Å². The Kier molecular flexibility index (Phi) is 6.31. The number of carbonyl (C=O) groups is 1. The van der Waals surface area contributed by atoms with Gasteiger partial charge in [-0.15, -0.1) is 11.3 Å². The molecule has 0 aliphatic carbocycles. The lowest BCUT2D eigenvalue weighted by Crippen LogP contribution is -2.48. The van der Waals surface area contributed by atoms with Crippen LogP contribution in [0.2, 0.25) is 5.02 Å². The molecular weight excluding hydrogens is 356 g/mol. The number of likely N-dealkylation sites (N-methyl/N-ethyl adjacent to an activating group) is 1. The summed E-state index contributed by atoms with van der Waals surface area (Å²) in [5.41, 5.74) is 0.731. The van der Waals surface area contributed by atoms with Crippen LogP contribution >= 0.6 is 22.9 Å². The number of anilines is 1. The number of rotatable bonds is 5. The maximum absolute atomic E-state index is 12.2. The topological polar surface area (TPSA) is 47.6 Å². The zero-order valence-electron chi connectivity index (χ0n) is 14.2. The first-order valence-corrected chi connectivity index (χ1v) is 9.64. The zero-order valence-corrected chi connectivity index (χ0v) is 15.8. The van der Waals surface area contributed by atoms with E-state index in [1.165, 1.54) is 4.88 Å². The average Bonchev–Trinajstić information content (AvgIpc) is 3.13. The number of nitrogens with zero attached hydrogens (tertiary/aromatic N) is 2. The van der Waals surface area contributed by atoms with Crippen molar-refractivity contribution in [2.45, 2.75) is 6.04 Å². The summed E-state index contributed by atoms with van der Waals surface area (Å²) in [6.45, 7) is 4.72. The molecule has 1 aromatic heterocycles. The van der Waals surface area contributed by atoms with Crippen molar-refractivity contribution >= 4 is 34.7 Å². The van der Waals surface area contributed by atoms with Gasteiger partial charge in [0.05, 0.1) is 6.04 Å². The Hall–Kier alpha value is -1.60. The number of carbonyl (C=O) groups excluding carboxylic acids is 1. The molecule has 1 fully saturated rings. The molecule has 0 saturated carbocycles. The Morgan fingerprint density at radius 2 is 1.92 bits per heavy atom. The molecule has 2 N–H and O–H groups in total. The van der Waals surface area contributed by atoms with Gasteiger partial charge in [-0.2, -0.15) is 0 Å². The van der Waals surface area contributed by atoms with Gasteiger partial charge in [0.2, 0.25) is 0 Å². The summed E-state index contributed by atoms with van der Waals surface area (Å²) in [6.07, 6.45) is 0. The van der Waals surface area contributed by atoms with Crippen LogP contribution < -0.4 is 10.6 Å². The van der Waals surface area contributed by atoms with E-state index in [1.807, 2.05) is 0 Å². The lowest BCUT2D eigenvalue weighted by molar-refractivity contribution is 0.113. The predicted octanol–water partition coefficient (Wildman–Crippen LogP) is 3.51. The van der Waals surface area contributed by atoms with E-state index in [0.717, 1.165) is 31.9 Å². The summed E-state index contributed by atoms with van der Waals surface area (Å²) in [6, 6.07) is 11.3. The fraction of sp³-hybridized carbons (Fsp3) is 0.389. The number of hydrogen-bond acceptors (Lipinski definition) is 4. The standard InChI is InChI=1S/C18H23ClN4OS/c1-22-8-10-23(11-9-22)16(17-3-2-12-25-17)13-20-18(24)21-15-6-4-14(19)5-7-15/h2-7,12,16H,8-11,13H2,1H3,(H2,20,21,24)/t16-/m1/s1. The highest BCUT2D eigenvalue weighted by molar-refractivity contribution is 7.10. The average molecular weight is 379 g/mol. The summed E-state index contributed by atoms with van der Waals surface area (Å²) in [4.78, 5) is 18.3. The fourth-order valence-electron chi connectivity index (χ4n) is 2.92. The van der Waals surface area contributed by atoms with Crippen LogP contribution in [0.5, 0.6) is 0 Å². The number of thiophene rings is 1.